The topological polar surface area (TPSA) is 70.1 Å². The van der Waals surface area contributed by atoms with Crippen LogP contribution in [0.25, 0.3) is 0 Å². The van der Waals surface area contributed by atoms with Gasteiger partial charge in [-0.05, 0) is 45.7 Å². The van der Waals surface area contributed by atoms with Gasteiger partial charge in [-0.1, -0.05) is 12.1 Å². The number of ether oxygens (including phenoxy) is 1. The summed E-state index contributed by atoms with van der Waals surface area (Å²) in [5.74, 6) is -0.244. The number of allylic oxidation sites excluding steroid dienone is 1. The van der Waals surface area contributed by atoms with Crippen LogP contribution < -0.4 is 0 Å². The molecule has 1 N–H and O–H groups in total. The van der Waals surface area contributed by atoms with E-state index in [1.54, 1.807) is 29.3 Å². The second-order valence-electron chi connectivity index (χ2n) is 8.02. The SMILES string of the molecule is CC(C)(C)OC(=O)N1CCN(/C=C/C(=O)c2ccccc2O)C2(CC2)C1. The molecule has 1 aromatic rings. The van der Waals surface area contributed by atoms with Gasteiger partial charge in [0.25, 0.3) is 0 Å². The Balaban J connectivity index is 1.64. The van der Waals surface area contributed by atoms with Crippen LogP contribution in [0.4, 0.5) is 4.79 Å². The molecule has 0 radical (unpaired) electrons. The molecule has 0 atom stereocenters. The lowest BCUT2D eigenvalue weighted by molar-refractivity contribution is 0.00699. The number of para-hydroxylation sites is 1. The maximum atomic E-state index is 12.3. The molecule has 1 saturated carbocycles. The lowest BCUT2D eigenvalue weighted by Gasteiger charge is -2.41. The fraction of sp³-hybridized carbons (Fsp3) is 0.500. The molecule has 0 bridgehead atoms. The van der Waals surface area contributed by atoms with Crippen molar-refractivity contribution in [3.05, 3.63) is 42.1 Å². The Morgan fingerprint density at radius 1 is 1.19 bits per heavy atom. The van der Waals surface area contributed by atoms with Crippen LogP contribution >= 0.6 is 0 Å². The zero-order chi connectivity index (χ0) is 18.9. The molecule has 1 amide bonds. The highest BCUT2D eigenvalue weighted by Gasteiger charge is 2.51. The first kappa shape index (κ1) is 18.3. The van der Waals surface area contributed by atoms with Crippen molar-refractivity contribution in [2.75, 3.05) is 19.6 Å². The number of aromatic hydroxyl groups is 1. The zero-order valence-corrected chi connectivity index (χ0v) is 15.6. The van der Waals surface area contributed by atoms with Crippen LogP contribution in [0.3, 0.4) is 0 Å². The molecule has 0 unspecified atom stereocenters. The minimum absolute atomic E-state index is 0.0157. The van der Waals surface area contributed by atoms with E-state index in [2.05, 4.69) is 4.90 Å². The van der Waals surface area contributed by atoms with Crippen LogP contribution in [-0.4, -0.2) is 57.6 Å². The summed E-state index contributed by atoms with van der Waals surface area (Å²) in [4.78, 5) is 28.5. The Morgan fingerprint density at radius 3 is 2.50 bits per heavy atom. The summed E-state index contributed by atoms with van der Waals surface area (Å²) < 4.78 is 5.47. The van der Waals surface area contributed by atoms with Crippen LogP contribution in [0, 0.1) is 0 Å². The van der Waals surface area contributed by atoms with Crippen molar-refractivity contribution >= 4 is 11.9 Å². The first-order chi connectivity index (χ1) is 12.2. The fourth-order valence-electron chi connectivity index (χ4n) is 3.22. The molecule has 1 heterocycles. The number of rotatable bonds is 3. The van der Waals surface area contributed by atoms with Gasteiger partial charge in [-0.15, -0.1) is 0 Å². The predicted molar refractivity (Wildman–Crippen MR) is 98.1 cm³/mol. The number of benzene rings is 1. The normalized spacial score (nSPS) is 19.0. The number of ketones is 1. The molecule has 0 aromatic heterocycles. The highest BCUT2D eigenvalue weighted by molar-refractivity contribution is 6.06. The van der Waals surface area contributed by atoms with Crippen molar-refractivity contribution in [2.24, 2.45) is 0 Å². The number of hydrogen-bond donors (Lipinski definition) is 1. The fourth-order valence-corrected chi connectivity index (χ4v) is 3.22. The minimum atomic E-state index is -0.505. The summed E-state index contributed by atoms with van der Waals surface area (Å²) in [5, 5.41) is 9.80. The molecule has 1 saturated heterocycles. The van der Waals surface area contributed by atoms with Crippen molar-refractivity contribution < 1.29 is 19.4 Å². The third-order valence-corrected chi connectivity index (χ3v) is 4.76. The molecular weight excluding hydrogens is 332 g/mol. The lowest BCUT2D eigenvalue weighted by Crippen LogP contribution is -2.55. The minimum Gasteiger partial charge on any atom is -0.507 e. The molecule has 1 aliphatic carbocycles. The molecule has 1 spiro atoms. The van der Waals surface area contributed by atoms with Crippen LogP contribution in [0.5, 0.6) is 5.75 Å². The first-order valence-corrected chi connectivity index (χ1v) is 8.95. The zero-order valence-electron chi connectivity index (χ0n) is 15.6. The number of nitrogens with zero attached hydrogens (tertiary/aromatic N) is 2. The number of phenolic OH excluding ortho intramolecular Hbond substituents is 1. The van der Waals surface area contributed by atoms with Crippen LogP contribution in [0.15, 0.2) is 36.5 Å². The lowest BCUT2D eigenvalue weighted by atomic mass is 10.1. The molecule has 140 valence electrons. The maximum Gasteiger partial charge on any atom is 0.410 e. The van der Waals surface area contributed by atoms with E-state index in [0.29, 0.717) is 25.2 Å². The van der Waals surface area contributed by atoms with Gasteiger partial charge in [0.2, 0.25) is 0 Å². The molecule has 2 fully saturated rings. The van der Waals surface area contributed by atoms with Crippen molar-refractivity contribution in [2.45, 2.75) is 44.8 Å². The summed E-state index contributed by atoms with van der Waals surface area (Å²) in [7, 11) is 0. The van der Waals surface area contributed by atoms with Crippen LogP contribution in [0.1, 0.15) is 44.0 Å². The first-order valence-electron chi connectivity index (χ1n) is 8.95. The Kier molecular flexibility index (Phi) is 4.69. The summed E-state index contributed by atoms with van der Waals surface area (Å²) in [5.41, 5.74) is -0.305. The van der Waals surface area contributed by atoms with E-state index in [9.17, 15) is 14.7 Å². The van der Waals surface area contributed by atoms with Crippen molar-refractivity contribution in [1.29, 1.82) is 0 Å². The van der Waals surface area contributed by atoms with Gasteiger partial charge in [-0.3, -0.25) is 4.79 Å². The second-order valence-corrected chi connectivity index (χ2v) is 8.02. The Labute approximate surface area is 154 Å². The van der Waals surface area contributed by atoms with E-state index in [0.717, 1.165) is 12.8 Å². The predicted octanol–water partition coefficient (Wildman–Crippen LogP) is 3.17. The van der Waals surface area contributed by atoms with E-state index in [4.69, 9.17) is 4.74 Å². The summed E-state index contributed by atoms with van der Waals surface area (Å²) in [6.07, 6.45) is 4.99. The number of carbonyl (C=O) groups excluding carboxylic acids is 2. The number of hydrogen-bond acceptors (Lipinski definition) is 5. The Bertz CT molecular complexity index is 732. The van der Waals surface area contributed by atoms with Gasteiger partial charge < -0.3 is 19.6 Å². The van der Waals surface area contributed by atoms with Crippen molar-refractivity contribution in [3.8, 4) is 5.75 Å². The average molecular weight is 358 g/mol. The third kappa shape index (κ3) is 4.00. The quantitative estimate of drug-likeness (QED) is 0.664. The van der Waals surface area contributed by atoms with E-state index in [-0.39, 0.29) is 23.2 Å². The highest BCUT2D eigenvalue weighted by atomic mass is 16.6. The molecule has 1 aromatic carbocycles. The van der Waals surface area contributed by atoms with Crippen LogP contribution in [-0.2, 0) is 4.74 Å². The standard InChI is InChI=1S/C20H26N2O4/c1-19(2,3)26-18(25)21-12-13-22(20(14-21)9-10-20)11-8-17(24)15-6-4-5-7-16(15)23/h4-8,11,23H,9-10,12-14H2,1-3H3/b11-8+. The highest BCUT2D eigenvalue weighted by Crippen LogP contribution is 2.44. The molecule has 1 aliphatic heterocycles. The molecular formula is C20H26N2O4. The number of amides is 1. The molecule has 2 aliphatic rings. The third-order valence-electron chi connectivity index (χ3n) is 4.76. The van der Waals surface area contributed by atoms with Gasteiger partial charge in [0.1, 0.15) is 11.4 Å². The molecule has 26 heavy (non-hydrogen) atoms. The molecule has 6 heteroatoms. The van der Waals surface area contributed by atoms with Gasteiger partial charge in [0.05, 0.1) is 11.1 Å². The largest absolute Gasteiger partial charge is 0.507 e. The Morgan fingerprint density at radius 2 is 1.88 bits per heavy atom. The van der Waals surface area contributed by atoms with Crippen LogP contribution in [0.2, 0.25) is 0 Å². The van der Waals surface area contributed by atoms with Gasteiger partial charge in [-0.25, -0.2) is 4.79 Å². The molecule has 6 nitrogen and oxygen atoms in total. The second kappa shape index (κ2) is 6.67. The summed E-state index contributed by atoms with van der Waals surface area (Å²) in [6, 6.07) is 6.52. The van der Waals surface area contributed by atoms with Gasteiger partial charge >= 0.3 is 6.09 Å². The number of piperazine rings is 1. The number of carbonyl (C=O) groups is 2. The maximum absolute atomic E-state index is 12.3. The summed E-state index contributed by atoms with van der Waals surface area (Å²) >= 11 is 0. The smallest absolute Gasteiger partial charge is 0.410 e. The van der Waals surface area contributed by atoms with Gasteiger partial charge in [-0.2, -0.15) is 0 Å². The average Bonchev–Trinajstić information content (AvgIpc) is 3.32. The van der Waals surface area contributed by atoms with Crippen molar-refractivity contribution in [3.63, 3.8) is 0 Å². The van der Waals surface area contributed by atoms with Crippen molar-refractivity contribution in [1.82, 2.24) is 9.80 Å². The monoisotopic (exact) mass is 358 g/mol. The Hall–Kier alpha value is -2.50. The summed E-state index contributed by atoms with van der Waals surface area (Å²) in [6.45, 7) is 7.41. The van der Waals surface area contributed by atoms with Gasteiger partial charge in [0.15, 0.2) is 5.78 Å². The van der Waals surface area contributed by atoms with Gasteiger partial charge in [0, 0.05) is 31.9 Å². The number of phenols is 1. The van der Waals surface area contributed by atoms with E-state index < -0.39 is 5.60 Å². The van der Waals surface area contributed by atoms with E-state index in [1.165, 1.54) is 12.1 Å². The molecule has 3 rings (SSSR count). The van der Waals surface area contributed by atoms with E-state index >= 15 is 0 Å². The van der Waals surface area contributed by atoms with E-state index in [1.807, 2.05) is 20.8 Å².